The Labute approximate surface area is 168 Å². The summed E-state index contributed by atoms with van der Waals surface area (Å²) in [6.45, 7) is 7.46. The molecule has 1 aromatic carbocycles. The first kappa shape index (κ1) is 18.8. The number of piperidine rings is 1. The van der Waals surface area contributed by atoms with Crippen molar-refractivity contribution in [2.75, 3.05) is 13.1 Å². The first-order valence-electron chi connectivity index (χ1n) is 9.62. The molecule has 6 nitrogen and oxygen atoms in total. The van der Waals surface area contributed by atoms with Crippen LogP contribution in [-0.4, -0.2) is 44.4 Å². The second kappa shape index (κ2) is 7.47. The maximum atomic E-state index is 12.9. The summed E-state index contributed by atoms with van der Waals surface area (Å²) >= 11 is 1.46. The van der Waals surface area contributed by atoms with Gasteiger partial charge in [0.2, 0.25) is 5.91 Å². The van der Waals surface area contributed by atoms with E-state index in [-0.39, 0.29) is 24.2 Å². The zero-order valence-corrected chi connectivity index (χ0v) is 17.3. The van der Waals surface area contributed by atoms with E-state index in [0.29, 0.717) is 30.9 Å². The summed E-state index contributed by atoms with van der Waals surface area (Å²) in [6.07, 6.45) is 1.38. The number of thiazole rings is 1. The van der Waals surface area contributed by atoms with Gasteiger partial charge < -0.3 is 4.90 Å². The van der Waals surface area contributed by atoms with Crippen LogP contribution in [0.2, 0.25) is 0 Å². The number of benzene rings is 1. The molecule has 0 aliphatic carbocycles. The van der Waals surface area contributed by atoms with Crippen molar-refractivity contribution < 1.29 is 9.59 Å². The first-order chi connectivity index (χ1) is 13.4. The summed E-state index contributed by atoms with van der Waals surface area (Å²) in [5.41, 5.74) is 4.01. The lowest BCUT2D eigenvalue weighted by Crippen LogP contribution is -2.42. The molecule has 146 valence electrons. The van der Waals surface area contributed by atoms with Gasteiger partial charge in [0.05, 0.1) is 15.9 Å². The van der Waals surface area contributed by atoms with E-state index in [2.05, 4.69) is 10.1 Å². The fourth-order valence-corrected chi connectivity index (χ4v) is 4.70. The molecule has 1 saturated heterocycles. The molecule has 0 atom stereocenters. The number of hydrogen-bond donors (Lipinski definition) is 0. The molecule has 1 aliphatic heterocycles. The Kier molecular flexibility index (Phi) is 5.02. The Bertz CT molecular complexity index is 1010. The highest BCUT2D eigenvalue weighted by Crippen LogP contribution is 2.27. The number of amides is 1. The number of carbonyl (C=O) groups excluding carboxylic acids is 2. The molecule has 4 rings (SSSR count). The third-order valence-corrected chi connectivity index (χ3v) is 6.80. The van der Waals surface area contributed by atoms with Crippen LogP contribution in [0.15, 0.2) is 24.3 Å². The highest BCUT2D eigenvalue weighted by Gasteiger charge is 2.30. The van der Waals surface area contributed by atoms with Crippen molar-refractivity contribution in [2.24, 2.45) is 5.92 Å². The van der Waals surface area contributed by atoms with Crippen LogP contribution in [0.5, 0.6) is 0 Å². The second-order valence-electron chi connectivity index (χ2n) is 7.46. The highest BCUT2D eigenvalue weighted by atomic mass is 32.1. The van der Waals surface area contributed by atoms with Gasteiger partial charge in [-0.1, -0.05) is 12.1 Å². The van der Waals surface area contributed by atoms with Crippen LogP contribution in [0.4, 0.5) is 0 Å². The molecular weight excluding hydrogens is 372 g/mol. The molecule has 2 aromatic heterocycles. The number of aromatic nitrogens is 3. The largest absolute Gasteiger partial charge is 0.341 e. The number of nitrogens with zero attached hydrogens (tertiary/aromatic N) is 4. The first-order valence-corrected chi connectivity index (χ1v) is 10.4. The molecule has 0 unspecified atom stereocenters. The number of likely N-dealkylation sites (tertiary alicyclic amines) is 1. The molecule has 7 heteroatoms. The third kappa shape index (κ3) is 3.46. The maximum absolute atomic E-state index is 12.9. The predicted molar refractivity (Wildman–Crippen MR) is 110 cm³/mol. The number of rotatable bonds is 4. The smallest absolute Gasteiger partial charge is 0.244 e. The second-order valence-corrected chi connectivity index (χ2v) is 8.49. The molecule has 0 spiro atoms. The summed E-state index contributed by atoms with van der Waals surface area (Å²) in [5.74, 6) is 0.125. The summed E-state index contributed by atoms with van der Waals surface area (Å²) < 4.78 is 2.82. The van der Waals surface area contributed by atoms with Crippen molar-refractivity contribution >= 4 is 33.2 Å². The van der Waals surface area contributed by atoms with Crippen molar-refractivity contribution in [3.63, 3.8) is 0 Å². The Hall–Kier alpha value is -2.54. The van der Waals surface area contributed by atoms with Gasteiger partial charge in [0.1, 0.15) is 6.54 Å². The Morgan fingerprint density at radius 2 is 1.86 bits per heavy atom. The zero-order valence-electron chi connectivity index (χ0n) is 16.4. The summed E-state index contributed by atoms with van der Waals surface area (Å²) in [4.78, 5) is 31.9. The summed E-state index contributed by atoms with van der Waals surface area (Å²) in [5, 5.41) is 5.04. The molecule has 0 radical (unpaired) electrons. The standard InChI is InChI=1S/C21H24N4O2S/c1-13-14(2)23-25(15(13)3)12-19(26)24-10-8-16(9-11-24)20(27)21-22-17-6-4-5-7-18(17)28-21/h4-7,16H,8-12H2,1-3H3. The van der Waals surface area contributed by atoms with Gasteiger partial charge in [-0.15, -0.1) is 11.3 Å². The van der Waals surface area contributed by atoms with Crippen molar-refractivity contribution in [2.45, 2.75) is 40.2 Å². The van der Waals surface area contributed by atoms with E-state index in [0.717, 1.165) is 27.2 Å². The fraction of sp³-hybridized carbons (Fsp3) is 0.429. The van der Waals surface area contributed by atoms with Crippen LogP contribution in [0.3, 0.4) is 0 Å². The number of para-hydroxylation sites is 1. The topological polar surface area (TPSA) is 68.1 Å². The van der Waals surface area contributed by atoms with E-state index >= 15 is 0 Å². The van der Waals surface area contributed by atoms with Crippen molar-refractivity contribution in [3.05, 3.63) is 46.2 Å². The summed E-state index contributed by atoms with van der Waals surface area (Å²) in [6, 6.07) is 7.82. The average Bonchev–Trinajstić information content (AvgIpc) is 3.24. The fourth-order valence-electron chi connectivity index (χ4n) is 3.71. The van der Waals surface area contributed by atoms with Gasteiger partial charge in [0.25, 0.3) is 0 Å². The van der Waals surface area contributed by atoms with Gasteiger partial charge >= 0.3 is 0 Å². The van der Waals surface area contributed by atoms with Gasteiger partial charge in [-0.05, 0) is 51.3 Å². The monoisotopic (exact) mass is 396 g/mol. The van der Waals surface area contributed by atoms with E-state index < -0.39 is 0 Å². The number of ketones is 1. The molecule has 1 amide bonds. The normalized spacial score (nSPS) is 15.3. The lowest BCUT2D eigenvalue weighted by Gasteiger charge is -2.31. The number of hydrogen-bond acceptors (Lipinski definition) is 5. The van der Waals surface area contributed by atoms with Gasteiger partial charge in [0, 0.05) is 24.7 Å². The maximum Gasteiger partial charge on any atom is 0.244 e. The van der Waals surface area contributed by atoms with Crippen molar-refractivity contribution in [1.82, 2.24) is 19.7 Å². The van der Waals surface area contributed by atoms with Crippen LogP contribution in [0, 0.1) is 26.7 Å². The van der Waals surface area contributed by atoms with Crippen molar-refractivity contribution in [1.29, 1.82) is 0 Å². The molecule has 28 heavy (non-hydrogen) atoms. The van der Waals surface area contributed by atoms with E-state index in [1.807, 2.05) is 49.9 Å². The molecule has 0 N–H and O–H groups in total. The minimum absolute atomic E-state index is 0.0551. The number of fused-ring (bicyclic) bond motifs is 1. The predicted octanol–water partition coefficient (Wildman–Crippen LogP) is 3.54. The lowest BCUT2D eigenvalue weighted by atomic mass is 9.92. The van der Waals surface area contributed by atoms with Crippen LogP contribution in [0.25, 0.3) is 10.2 Å². The lowest BCUT2D eigenvalue weighted by molar-refractivity contribution is -0.133. The van der Waals surface area contributed by atoms with E-state index in [4.69, 9.17) is 0 Å². The Morgan fingerprint density at radius 3 is 2.50 bits per heavy atom. The van der Waals surface area contributed by atoms with Gasteiger partial charge in [0.15, 0.2) is 10.8 Å². The minimum atomic E-state index is -0.0551. The molecule has 3 heterocycles. The number of carbonyl (C=O) groups is 2. The zero-order chi connectivity index (χ0) is 19.8. The van der Waals surface area contributed by atoms with Gasteiger partial charge in [-0.25, -0.2) is 4.98 Å². The quantitative estimate of drug-likeness (QED) is 0.633. The number of Topliss-reactive ketones (excluding diaryl/α,β-unsaturated/α-hetero) is 1. The van der Waals surface area contributed by atoms with Crippen LogP contribution in [0.1, 0.15) is 39.6 Å². The van der Waals surface area contributed by atoms with E-state index in [1.54, 1.807) is 4.68 Å². The molecule has 0 saturated carbocycles. The van der Waals surface area contributed by atoms with Crippen LogP contribution < -0.4 is 0 Å². The van der Waals surface area contributed by atoms with Gasteiger partial charge in [-0.2, -0.15) is 5.10 Å². The average molecular weight is 397 g/mol. The molecule has 3 aromatic rings. The van der Waals surface area contributed by atoms with Crippen LogP contribution in [-0.2, 0) is 11.3 Å². The third-order valence-electron chi connectivity index (χ3n) is 5.75. The van der Waals surface area contributed by atoms with Gasteiger partial charge in [-0.3, -0.25) is 14.3 Å². The molecular formula is C21H24N4O2S. The van der Waals surface area contributed by atoms with E-state index in [1.165, 1.54) is 11.3 Å². The Balaban J connectivity index is 1.37. The number of aryl methyl sites for hydroxylation is 1. The molecule has 1 fully saturated rings. The SMILES string of the molecule is Cc1nn(CC(=O)N2CCC(C(=O)c3nc4ccccc4s3)CC2)c(C)c1C. The highest BCUT2D eigenvalue weighted by molar-refractivity contribution is 7.20. The van der Waals surface area contributed by atoms with Crippen LogP contribution >= 0.6 is 11.3 Å². The van der Waals surface area contributed by atoms with E-state index in [9.17, 15) is 9.59 Å². The Morgan fingerprint density at radius 1 is 1.14 bits per heavy atom. The molecule has 1 aliphatic rings. The summed E-state index contributed by atoms with van der Waals surface area (Å²) in [7, 11) is 0. The van der Waals surface area contributed by atoms with Crippen molar-refractivity contribution in [3.8, 4) is 0 Å². The molecule has 0 bridgehead atoms. The minimum Gasteiger partial charge on any atom is -0.341 e.